The second kappa shape index (κ2) is 9.13. The van der Waals surface area contributed by atoms with Gasteiger partial charge in [0.2, 0.25) is 5.88 Å². The predicted molar refractivity (Wildman–Crippen MR) is 105 cm³/mol. The molecule has 0 bridgehead atoms. The fraction of sp³-hybridized carbons (Fsp3) is 0.182. The molecule has 2 aromatic carbocycles. The van der Waals surface area contributed by atoms with Crippen LogP contribution in [0.3, 0.4) is 0 Å². The number of aromatic nitrogens is 1. The van der Waals surface area contributed by atoms with Gasteiger partial charge in [-0.25, -0.2) is 9.37 Å². The van der Waals surface area contributed by atoms with Crippen LogP contribution < -0.4 is 10.1 Å². The number of nitrogens with one attached hydrogen (secondary N) is 1. The maximum atomic E-state index is 13.8. The molecule has 1 amide bonds. The third kappa shape index (κ3) is 5.79. The summed E-state index contributed by atoms with van der Waals surface area (Å²) in [7, 11) is 0. The molecule has 0 saturated heterocycles. The fourth-order valence-electron chi connectivity index (χ4n) is 2.71. The zero-order valence-electron chi connectivity index (χ0n) is 16.3. The molecule has 0 aliphatic heterocycles. The van der Waals surface area contributed by atoms with E-state index < -0.39 is 29.6 Å². The van der Waals surface area contributed by atoms with Crippen molar-refractivity contribution in [1.82, 2.24) is 10.3 Å². The molecule has 0 spiro atoms. The molecule has 0 saturated carbocycles. The summed E-state index contributed by atoms with van der Waals surface area (Å²) in [5.74, 6) is -1.30. The summed E-state index contributed by atoms with van der Waals surface area (Å²) in [5, 5.41) is 11.8. The molecule has 1 heterocycles. The second-order valence-electron chi connectivity index (χ2n) is 6.77. The fourth-order valence-corrected chi connectivity index (χ4v) is 2.71. The summed E-state index contributed by atoms with van der Waals surface area (Å²) < 4.78 is 58.3. The van der Waals surface area contributed by atoms with E-state index in [1.54, 1.807) is 6.07 Å². The van der Waals surface area contributed by atoms with E-state index >= 15 is 0 Å². The number of amides is 1. The minimum Gasteiger partial charge on any atom is -0.438 e. The number of carbonyl (C=O) groups excluding carboxylic acids is 1. The van der Waals surface area contributed by atoms with Crippen molar-refractivity contribution in [3.63, 3.8) is 0 Å². The van der Waals surface area contributed by atoms with E-state index in [1.165, 1.54) is 49.5 Å². The molecule has 0 aliphatic rings. The Hall–Kier alpha value is -3.46. The molecule has 5 nitrogen and oxygen atoms in total. The minimum atomic E-state index is -4.55. The van der Waals surface area contributed by atoms with E-state index in [-0.39, 0.29) is 29.3 Å². The van der Waals surface area contributed by atoms with Crippen molar-refractivity contribution < 1.29 is 32.2 Å². The number of alkyl halides is 3. The van der Waals surface area contributed by atoms with Gasteiger partial charge in [-0.1, -0.05) is 18.2 Å². The summed E-state index contributed by atoms with van der Waals surface area (Å²) in [6, 6.07) is 11.0. The van der Waals surface area contributed by atoms with Crippen LogP contribution in [0.5, 0.6) is 11.6 Å². The lowest BCUT2D eigenvalue weighted by molar-refractivity contribution is -0.137. The lowest BCUT2D eigenvalue weighted by Gasteiger charge is -2.14. The third-order valence-electron chi connectivity index (χ3n) is 4.18. The van der Waals surface area contributed by atoms with E-state index in [0.717, 1.165) is 12.1 Å². The van der Waals surface area contributed by atoms with E-state index in [4.69, 9.17) is 4.74 Å². The van der Waals surface area contributed by atoms with Crippen LogP contribution in [0.2, 0.25) is 0 Å². The van der Waals surface area contributed by atoms with Gasteiger partial charge in [0.15, 0.2) is 0 Å². The Bertz CT molecular complexity index is 1080. The van der Waals surface area contributed by atoms with Crippen molar-refractivity contribution in [3.05, 3.63) is 77.7 Å². The average molecular weight is 434 g/mol. The Morgan fingerprint density at radius 1 is 1.16 bits per heavy atom. The van der Waals surface area contributed by atoms with Crippen LogP contribution in [0.1, 0.15) is 22.8 Å². The zero-order valence-corrected chi connectivity index (χ0v) is 16.3. The molecule has 3 rings (SSSR count). The molecule has 1 aromatic heterocycles. The van der Waals surface area contributed by atoms with Gasteiger partial charge in [0.1, 0.15) is 11.6 Å². The first-order valence-electron chi connectivity index (χ1n) is 9.21. The Labute approximate surface area is 175 Å². The van der Waals surface area contributed by atoms with Gasteiger partial charge in [-0.3, -0.25) is 4.79 Å². The number of hydrogen-bond acceptors (Lipinski definition) is 4. The maximum Gasteiger partial charge on any atom is 0.416 e. The van der Waals surface area contributed by atoms with E-state index in [9.17, 15) is 27.5 Å². The molecule has 9 heteroatoms. The topological polar surface area (TPSA) is 71.5 Å². The van der Waals surface area contributed by atoms with Crippen LogP contribution in [0.15, 0.2) is 60.8 Å². The number of benzene rings is 2. The highest BCUT2D eigenvalue weighted by Crippen LogP contribution is 2.35. The number of aliphatic hydroxyl groups is 1. The van der Waals surface area contributed by atoms with Gasteiger partial charge in [-0.05, 0) is 48.9 Å². The largest absolute Gasteiger partial charge is 0.438 e. The van der Waals surface area contributed by atoms with E-state index in [1.807, 2.05) is 0 Å². The first-order valence-corrected chi connectivity index (χ1v) is 9.21. The summed E-state index contributed by atoms with van der Waals surface area (Å²) in [4.78, 5) is 16.4. The van der Waals surface area contributed by atoms with Crippen LogP contribution in [-0.4, -0.2) is 28.6 Å². The second-order valence-corrected chi connectivity index (χ2v) is 6.77. The molecule has 31 heavy (non-hydrogen) atoms. The number of halogens is 4. The third-order valence-corrected chi connectivity index (χ3v) is 4.18. The molecule has 0 unspecified atom stereocenters. The standard InChI is InChI=1S/C22H18F4N2O3/c1-13(29)11-27-20(30)15-9-19(14-4-2-6-17(23)8-14)21(28-12-15)31-18-7-3-5-16(10-18)22(24,25)26/h2-10,12-13,29H,11H2,1H3,(H,27,30)/t13-/m0/s1. The van der Waals surface area contributed by atoms with Gasteiger partial charge >= 0.3 is 6.18 Å². The molecule has 1 atom stereocenters. The summed E-state index contributed by atoms with van der Waals surface area (Å²) >= 11 is 0. The van der Waals surface area contributed by atoms with E-state index in [2.05, 4.69) is 10.3 Å². The molecule has 2 N–H and O–H groups in total. The molecular formula is C22H18F4N2O3. The van der Waals surface area contributed by atoms with Gasteiger partial charge in [-0.15, -0.1) is 0 Å². The highest BCUT2D eigenvalue weighted by molar-refractivity contribution is 5.95. The summed E-state index contributed by atoms with van der Waals surface area (Å²) in [5.41, 5.74) is -0.260. The lowest BCUT2D eigenvalue weighted by Crippen LogP contribution is -2.30. The molecule has 3 aromatic rings. The lowest BCUT2D eigenvalue weighted by atomic mass is 10.0. The highest BCUT2D eigenvalue weighted by Gasteiger charge is 2.30. The Morgan fingerprint density at radius 2 is 1.90 bits per heavy atom. The van der Waals surface area contributed by atoms with Gasteiger partial charge < -0.3 is 15.2 Å². The highest BCUT2D eigenvalue weighted by atomic mass is 19.4. The number of carbonyl (C=O) groups is 1. The van der Waals surface area contributed by atoms with Crippen LogP contribution >= 0.6 is 0 Å². The van der Waals surface area contributed by atoms with Crippen molar-refractivity contribution in [1.29, 1.82) is 0 Å². The number of rotatable bonds is 6. The van der Waals surface area contributed by atoms with Gasteiger partial charge in [0, 0.05) is 18.3 Å². The van der Waals surface area contributed by atoms with Gasteiger partial charge in [0.25, 0.3) is 5.91 Å². The Kier molecular flexibility index (Phi) is 6.55. The quantitative estimate of drug-likeness (QED) is 0.547. The molecular weight excluding hydrogens is 416 g/mol. The first kappa shape index (κ1) is 22.2. The monoisotopic (exact) mass is 434 g/mol. The van der Waals surface area contributed by atoms with Crippen molar-refractivity contribution in [2.45, 2.75) is 19.2 Å². The number of aliphatic hydroxyl groups excluding tert-OH is 1. The van der Waals surface area contributed by atoms with Crippen molar-refractivity contribution in [2.75, 3.05) is 6.54 Å². The van der Waals surface area contributed by atoms with Gasteiger partial charge in [0.05, 0.1) is 17.2 Å². The summed E-state index contributed by atoms with van der Waals surface area (Å²) in [6.07, 6.45) is -4.13. The van der Waals surface area contributed by atoms with Crippen molar-refractivity contribution in [3.8, 4) is 22.8 Å². The van der Waals surface area contributed by atoms with Gasteiger partial charge in [-0.2, -0.15) is 13.2 Å². The maximum absolute atomic E-state index is 13.8. The van der Waals surface area contributed by atoms with E-state index in [0.29, 0.717) is 5.56 Å². The van der Waals surface area contributed by atoms with Crippen LogP contribution in [0.4, 0.5) is 17.6 Å². The molecule has 0 aliphatic carbocycles. The number of ether oxygens (including phenoxy) is 1. The SMILES string of the molecule is C[C@H](O)CNC(=O)c1cnc(Oc2cccc(C(F)(F)F)c2)c(-c2cccc(F)c2)c1. The smallest absolute Gasteiger partial charge is 0.416 e. The molecule has 0 radical (unpaired) electrons. The van der Waals surface area contributed by atoms with Crippen molar-refractivity contribution >= 4 is 5.91 Å². The van der Waals surface area contributed by atoms with Crippen LogP contribution in [0, 0.1) is 5.82 Å². The molecule has 162 valence electrons. The minimum absolute atomic E-state index is 0.0105. The number of pyridine rings is 1. The first-order chi connectivity index (χ1) is 14.6. The Balaban J connectivity index is 2.00. The average Bonchev–Trinajstić information content (AvgIpc) is 2.72. The molecule has 0 fully saturated rings. The normalized spacial score (nSPS) is 12.3. The zero-order chi connectivity index (χ0) is 22.6. The van der Waals surface area contributed by atoms with Crippen molar-refractivity contribution in [2.24, 2.45) is 0 Å². The Morgan fingerprint density at radius 3 is 2.58 bits per heavy atom. The predicted octanol–water partition coefficient (Wildman–Crippen LogP) is 4.81. The summed E-state index contributed by atoms with van der Waals surface area (Å²) in [6.45, 7) is 1.51. The number of nitrogens with zero attached hydrogens (tertiary/aromatic N) is 1. The van der Waals surface area contributed by atoms with Crippen LogP contribution in [0.25, 0.3) is 11.1 Å². The van der Waals surface area contributed by atoms with Crippen LogP contribution in [-0.2, 0) is 6.18 Å². The number of hydrogen-bond donors (Lipinski definition) is 2.